The highest BCUT2D eigenvalue weighted by molar-refractivity contribution is 7.18. The summed E-state index contributed by atoms with van der Waals surface area (Å²) in [6.45, 7) is 10.4. The first kappa shape index (κ1) is 28.0. The molecule has 1 N–H and O–H groups in total. The number of amides is 2. The van der Waals surface area contributed by atoms with E-state index in [1.807, 2.05) is 31.2 Å². The van der Waals surface area contributed by atoms with E-state index in [0.717, 1.165) is 11.3 Å². The van der Waals surface area contributed by atoms with E-state index in [1.54, 1.807) is 27.1 Å². The van der Waals surface area contributed by atoms with Crippen LogP contribution in [0.2, 0.25) is 0 Å². The highest BCUT2D eigenvalue weighted by Gasteiger charge is 2.28. The van der Waals surface area contributed by atoms with Crippen LogP contribution in [0.5, 0.6) is 5.75 Å². The Morgan fingerprint density at radius 3 is 2.32 bits per heavy atom. The van der Waals surface area contributed by atoms with Gasteiger partial charge >= 0.3 is 5.97 Å². The first-order valence-corrected chi connectivity index (χ1v) is 12.9. The van der Waals surface area contributed by atoms with E-state index in [-0.39, 0.29) is 40.9 Å². The molecule has 0 radical (unpaired) electrons. The number of carbonyl (C=O) groups is 3. The lowest BCUT2D eigenvalue weighted by Gasteiger charge is -2.19. The van der Waals surface area contributed by atoms with Crippen LogP contribution in [0.1, 0.15) is 81.6 Å². The Morgan fingerprint density at radius 2 is 1.73 bits per heavy atom. The van der Waals surface area contributed by atoms with Crippen LogP contribution >= 0.6 is 11.3 Å². The van der Waals surface area contributed by atoms with Gasteiger partial charge in [0.25, 0.3) is 11.8 Å². The summed E-state index contributed by atoms with van der Waals surface area (Å²) in [7, 11) is 3.25. The van der Waals surface area contributed by atoms with Crippen molar-refractivity contribution < 1.29 is 28.3 Å². The SMILES string of the molecule is CCCOC(=O)c1c(NC(=O)c2ccc(COc3ccc(C(C)(C)C)cc3)o2)sc(C(=O)N(C)C)c1C. The number of ether oxygens (including phenoxy) is 2. The lowest BCUT2D eigenvalue weighted by Crippen LogP contribution is -2.21. The summed E-state index contributed by atoms with van der Waals surface area (Å²) in [6.07, 6.45) is 0.651. The first-order chi connectivity index (χ1) is 17.4. The predicted octanol–water partition coefficient (Wildman–Crippen LogP) is 6.05. The molecule has 2 amide bonds. The lowest BCUT2D eigenvalue weighted by molar-refractivity contribution is 0.0506. The smallest absolute Gasteiger partial charge is 0.341 e. The number of benzene rings is 1. The second-order valence-electron chi connectivity index (χ2n) is 9.88. The quantitative estimate of drug-likeness (QED) is 0.341. The van der Waals surface area contributed by atoms with Crippen LogP contribution in [0.25, 0.3) is 0 Å². The van der Waals surface area contributed by atoms with Crippen molar-refractivity contribution in [3.05, 3.63) is 69.5 Å². The molecule has 0 fully saturated rings. The summed E-state index contributed by atoms with van der Waals surface area (Å²) in [5, 5.41) is 2.96. The number of rotatable bonds is 9. The summed E-state index contributed by atoms with van der Waals surface area (Å²) in [5.74, 6) is -0.178. The summed E-state index contributed by atoms with van der Waals surface area (Å²) < 4.78 is 16.8. The molecule has 37 heavy (non-hydrogen) atoms. The van der Waals surface area contributed by atoms with Crippen LogP contribution in [0.4, 0.5) is 5.00 Å². The number of anilines is 1. The number of thiophene rings is 1. The van der Waals surface area contributed by atoms with Crippen molar-refractivity contribution in [2.45, 2.75) is 53.1 Å². The molecule has 0 unspecified atom stereocenters. The van der Waals surface area contributed by atoms with Crippen LogP contribution in [-0.2, 0) is 16.8 Å². The third-order valence-corrected chi connectivity index (χ3v) is 6.80. The van der Waals surface area contributed by atoms with Crippen molar-refractivity contribution in [1.29, 1.82) is 0 Å². The van der Waals surface area contributed by atoms with Crippen molar-refractivity contribution >= 4 is 34.1 Å². The van der Waals surface area contributed by atoms with E-state index in [2.05, 4.69) is 26.1 Å². The fraction of sp³-hybridized carbons (Fsp3) is 0.393. The maximum atomic E-state index is 13.0. The number of esters is 1. The fourth-order valence-electron chi connectivity index (χ4n) is 3.47. The molecule has 3 aromatic rings. The lowest BCUT2D eigenvalue weighted by atomic mass is 9.87. The monoisotopic (exact) mass is 526 g/mol. The van der Waals surface area contributed by atoms with Crippen molar-refractivity contribution in [3.63, 3.8) is 0 Å². The van der Waals surface area contributed by atoms with Gasteiger partial charge in [0.1, 0.15) is 23.1 Å². The minimum Gasteiger partial charge on any atom is -0.486 e. The molecule has 2 aromatic heterocycles. The Balaban J connectivity index is 1.74. The molecular formula is C28H34N2O6S. The largest absolute Gasteiger partial charge is 0.486 e. The van der Waals surface area contributed by atoms with E-state index in [1.165, 1.54) is 16.5 Å². The third kappa shape index (κ3) is 6.80. The highest BCUT2D eigenvalue weighted by Crippen LogP contribution is 2.35. The summed E-state index contributed by atoms with van der Waals surface area (Å²) in [4.78, 5) is 40.1. The standard InChI is InChI=1S/C28H34N2O6S/c1-8-15-34-27(33)22-17(2)23(26(32)30(6)7)37-25(22)29-24(31)21-14-13-20(36-21)16-35-19-11-9-18(10-12-19)28(3,4)5/h9-14H,8,15-16H2,1-7H3,(H,29,31). The molecule has 0 spiro atoms. The molecule has 9 heteroatoms. The average Bonchev–Trinajstić information content (AvgIpc) is 3.45. The molecule has 8 nitrogen and oxygen atoms in total. The molecular weight excluding hydrogens is 492 g/mol. The van der Waals surface area contributed by atoms with Gasteiger partial charge in [0, 0.05) is 14.1 Å². The Kier molecular flexibility index (Phi) is 8.81. The van der Waals surface area contributed by atoms with Crippen molar-refractivity contribution in [2.75, 3.05) is 26.0 Å². The summed E-state index contributed by atoms with van der Waals surface area (Å²) in [6, 6.07) is 11.1. The normalized spacial score (nSPS) is 11.2. The van der Waals surface area contributed by atoms with Crippen molar-refractivity contribution in [3.8, 4) is 5.75 Å². The second-order valence-corrected chi connectivity index (χ2v) is 10.9. The van der Waals surface area contributed by atoms with Crippen molar-refractivity contribution in [2.24, 2.45) is 0 Å². The number of hydrogen-bond donors (Lipinski definition) is 1. The number of furan rings is 1. The highest BCUT2D eigenvalue weighted by atomic mass is 32.1. The van der Waals surface area contributed by atoms with E-state index < -0.39 is 11.9 Å². The van der Waals surface area contributed by atoms with Gasteiger partial charge in [0.2, 0.25) is 0 Å². The zero-order chi connectivity index (χ0) is 27.3. The Hall–Kier alpha value is -3.59. The molecule has 0 saturated heterocycles. The number of nitrogens with one attached hydrogen (secondary N) is 1. The second kappa shape index (κ2) is 11.6. The summed E-state index contributed by atoms with van der Waals surface area (Å²) >= 11 is 1.03. The number of carbonyl (C=O) groups excluding carboxylic acids is 3. The Labute approximate surface area is 221 Å². The van der Waals surface area contributed by atoms with Crippen LogP contribution in [-0.4, -0.2) is 43.4 Å². The van der Waals surface area contributed by atoms with Gasteiger partial charge in [-0.1, -0.05) is 39.8 Å². The van der Waals surface area contributed by atoms with Gasteiger partial charge in [-0.25, -0.2) is 4.79 Å². The first-order valence-electron chi connectivity index (χ1n) is 12.1. The fourth-order valence-corrected chi connectivity index (χ4v) is 4.68. The Bertz CT molecular complexity index is 1260. The van der Waals surface area contributed by atoms with Crippen LogP contribution in [0.3, 0.4) is 0 Å². The minimum absolute atomic E-state index is 0.0516. The molecule has 198 valence electrons. The molecule has 0 aliphatic carbocycles. The van der Waals surface area contributed by atoms with E-state index in [4.69, 9.17) is 13.9 Å². The van der Waals surface area contributed by atoms with Gasteiger partial charge in [0.15, 0.2) is 5.76 Å². The maximum Gasteiger partial charge on any atom is 0.341 e. The van der Waals surface area contributed by atoms with E-state index >= 15 is 0 Å². The minimum atomic E-state index is -0.588. The maximum absolute atomic E-state index is 13.0. The molecule has 0 aliphatic rings. The van der Waals surface area contributed by atoms with Crippen LogP contribution in [0.15, 0.2) is 40.8 Å². The third-order valence-electron chi connectivity index (χ3n) is 5.60. The van der Waals surface area contributed by atoms with Gasteiger partial charge in [-0.2, -0.15) is 0 Å². The number of hydrogen-bond acceptors (Lipinski definition) is 7. The molecule has 0 aliphatic heterocycles. The summed E-state index contributed by atoms with van der Waals surface area (Å²) in [5.41, 5.74) is 1.89. The number of nitrogens with zero attached hydrogens (tertiary/aromatic N) is 1. The van der Waals surface area contributed by atoms with E-state index in [9.17, 15) is 14.4 Å². The van der Waals surface area contributed by atoms with Gasteiger partial charge in [0.05, 0.1) is 17.0 Å². The van der Waals surface area contributed by atoms with Crippen LogP contribution < -0.4 is 10.1 Å². The molecule has 0 atom stereocenters. The molecule has 2 heterocycles. The molecule has 3 rings (SSSR count). The van der Waals surface area contributed by atoms with Crippen LogP contribution in [0, 0.1) is 6.92 Å². The van der Waals surface area contributed by atoms with Crippen molar-refractivity contribution in [1.82, 2.24) is 4.90 Å². The molecule has 0 bridgehead atoms. The predicted molar refractivity (Wildman–Crippen MR) is 144 cm³/mol. The van der Waals surface area contributed by atoms with Gasteiger partial charge in [-0.05, 0) is 54.2 Å². The van der Waals surface area contributed by atoms with E-state index in [0.29, 0.717) is 28.4 Å². The molecule has 1 aromatic carbocycles. The van der Waals surface area contributed by atoms with Gasteiger partial charge in [-0.3, -0.25) is 9.59 Å². The molecule has 0 saturated carbocycles. The average molecular weight is 527 g/mol. The van der Waals surface area contributed by atoms with Gasteiger partial charge < -0.3 is 24.1 Å². The topological polar surface area (TPSA) is 98.1 Å². The zero-order valence-corrected chi connectivity index (χ0v) is 23.2. The zero-order valence-electron chi connectivity index (χ0n) is 22.4. The Morgan fingerprint density at radius 1 is 1.05 bits per heavy atom. The van der Waals surface area contributed by atoms with Gasteiger partial charge in [-0.15, -0.1) is 11.3 Å².